The molecule has 148 valence electrons. The molecule has 1 N–H and O–H groups in total. The van der Waals surface area contributed by atoms with Gasteiger partial charge in [0.05, 0.1) is 15.8 Å². The molecule has 1 unspecified atom stereocenters. The van der Waals surface area contributed by atoms with Crippen LogP contribution in [0.15, 0.2) is 47.8 Å². The smallest absolute Gasteiger partial charge is 0.239 e. The predicted octanol–water partition coefficient (Wildman–Crippen LogP) is 4.56. The van der Waals surface area contributed by atoms with E-state index in [1.807, 2.05) is 25.1 Å². The first-order valence-electron chi connectivity index (χ1n) is 9.31. The second kappa shape index (κ2) is 8.34. The van der Waals surface area contributed by atoms with Crippen molar-refractivity contribution in [1.82, 2.24) is 24.7 Å². The Balaban J connectivity index is 1.60. The number of thioether (sulfide) groups is 1. The summed E-state index contributed by atoms with van der Waals surface area (Å²) < 4.78 is 2.11. The first-order valence-corrected chi connectivity index (χ1v) is 10.6. The quantitative estimate of drug-likeness (QED) is 0.455. The van der Waals surface area contributed by atoms with E-state index in [4.69, 9.17) is 16.6 Å². The summed E-state index contributed by atoms with van der Waals surface area (Å²) >= 11 is 7.14. The average Bonchev–Trinajstić information content (AvgIpc) is 3.06. The molecule has 0 fully saturated rings. The van der Waals surface area contributed by atoms with Crippen molar-refractivity contribution in [2.75, 3.05) is 5.32 Å². The van der Waals surface area contributed by atoms with Gasteiger partial charge in [0.25, 0.3) is 0 Å². The Morgan fingerprint density at radius 2 is 2.03 bits per heavy atom. The van der Waals surface area contributed by atoms with Gasteiger partial charge in [-0.05, 0) is 31.5 Å². The third kappa shape index (κ3) is 3.90. The van der Waals surface area contributed by atoms with Crippen LogP contribution in [-0.2, 0) is 11.3 Å². The van der Waals surface area contributed by atoms with E-state index < -0.39 is 0 Å². The minimum atomic E-state index is -0.369. The summed E-state index contributed by atoms with van der Waals surface area (Å²) in [5, 5.41) is 13.1. The maximum Gasteiger partial charge on any atom is 0.239 e. The maximum absolute atomic E-state index is 12.7. The van der Waals surface area contributed by atoms with Gasteiger partial charge < -0.3 is 9.88 Å². The molecule has 29 heavy (non-hydrogen) atoms. The second-order valence-electron chi connectivity index (χ2n) is 6.39. The minimum absolute atomic E-state index is 0.160. The van der Waals surface area contributed by atoms with Crippen LogP contribution >= 0.6 is 23.4 Å². The summed E-state index contributed by atoms with van der Waals surface area (Å²) in [6.07, 6.45) is 2.11. The first kappa shape index (κ1) is 19.6. The van der Waals surface area contributed by atoms with Gasteiger partial charge in [0.2, 0.25) is 11.1 Å². The third-order valence-corrected chi connectivity index (χ3v) is 6.00. The SMILES string of the molecule is CCC(Sc1nnc2c3ccccc3n(CC)c2n1)C(=O)Nc1ccc(Cl)cn1. The Hall–Kier alpha value is -2.71. The Bertz CT molecular complexity index is 1180. The van der Waals surface area contributed by atoms with Crippen molar-refractivity contribution < 1.29 is 4.79 Å². The van der Waals surface area contributed by atoms with Crippen LogP contribution in [0.3, 0.4) is 0 Å². The lowest BCUT2D eigenvalue weighted by Crippen LogP contribution is -2.25. The number of rotatable bonds is 6. The van der Waals surface area contributed by atoms with Gasteiger partial charge in [-0.2, -0.15) is 0 Å². The molecule has 4 rings (SSSR count). The molecule has 0 radical (unpaired) electrons. The molecule has 1 aromatic carbocycles. The topological polar surface area (TPSA) is 85.6 Å². The molecular weight excluding hydrogens is 408 g/mol. The summed E-state index contributed by atoms with van der Waals surface area (Å²) in [6.45, 7) is 4.79. The highest BCUT2D eigenvalue weighted by Gasteiger charge is 2.21. The van der Waals surface area contributed by atoms with E-state index in [9.17, 15) is 4.79 Å². The van der Waals surface area contributed by atoms with Crippen LogP contribution in [0.4, 0.5) is 5.82 Å². The van der Waals surface area contributed by atoms with Gasteiger partial charge >= 0.3 is 0 Å². The number of amides is 1. The summed E-state index contributed by atoms with van der Waals surface area (Å²) in [5.74, 6) is 0.297. The van der Waals surface area contributed by atoms with Crippen LogP contribution in [0.1, 0.15) is 20.3 Å². The lowest BCUT2D eigenvalue weighted by atomic mass is 10.2. The van der Waals surface area contributed by atoms with E-state index in [1.165, 1.54) is 18.0 Å². The number of pyridine rings is 1. The van der Waals surface area contributed by atoms with Crippen molar-refractivity contribution in [2.45, 2.75) is 37.2 Å². The van der Waals surface area contributed by atoms with Gasteiger partial charge in [-0.25, -0.2) is 9.97 Å². The van der Waals surface area contributed by atoms with Gasteiger partial charge in [-0.3, -0.25) is 4.79 Å². The van der Waals surface area contributed by atoms with Gasteiger partial charge in [0.15, 0.2) is 5.65 Å². The largest absolute Gasteiger partial charge is 0.324 e. The number of benzene rings is 1. The number of nitrogens with one attached hydrogen (secondary N) is 1. The van der Waals surface area contributed by atoms with Gasteiger partial charge in [0, 0.05) is 18.1 Å². The van der Waals surface area contributed by atoms with Crippen LogP contribution < -0.4 is 5.32 Å². The van der Waals surface area contributed by atoms with E-state index in [-0.39, 0.29) is 11.2 Å². The molecule has 0 saturated carbocycles. The van der Waals surface area contributed by atoms with Crippen LogP contribution in [0.2, 0.25) is 5.02 Å². The Morgan fingerprint density at radius 1 is 1.21 bits per heavy atom. The number of carbonyl (C=O) groups excluding carboxylic acids is 1. The summed E-state index contributed by atoms with van der Waals surface area (Å²) in [7, 11) is 0. The van der Waals surface area contributed by atoms with Crippen molar-refractivity contribution in [1.29, 1.82) is 0 Å². The lowest BCUT2D eigenvalue weighted by Gasteiger charge is -2.13. The molecule has 0 aliphatic rings. The molecule has 1 atom stereocenters. The zero-order chi connectivity index (χ0) is 20.4. The van der Waals surface area contributed by atoms with E-state index in [1.54, 1.807) is 12.1 Å². The zero-order valence-corrected chi connectivity index (χ0v) is 17.5. The fraction of sp³-hybridized carbons (Fsp3) is 0.250. The number of carbonyl (C=O) groups is 1. The molecule has 4 aromatic rings. The Labute approximate surface area is 176 Å². The van der Waals surface area contributed by atoms with Crippen LogP contribution in [-0.4, -0.2) is 35.9 Å². The van der Waals surface area contributed by atoms with Crippen LogP contribution in [0.5, 0.6) is 0 Å². The molecule has 0 aliphatic carbocycles. The number of hydrogen-bond acceptors (Lipinski definition) is 6. The lowest BCUT2D eigenvalue weighted by molar-refractivity contribution is -0.115. The second-order valence-corrected chi connectivity index (χ2v) is 8.00. The molecule has 0 saturated heterocycles. The van der Waals surface area contributed by atoms with Gasteiger partial charge in [-0.1, -0.05) is 48.5 Å². The highest BCUT2D eigenvalue weighted by Crippen LogP contribution is 2.29. The molecule has 9 heteroatoms. The number of nitrogens with zero attached hydrogens (tertiary/aromatic N) is 5. The van der Waals surface area contributed by atoms with Crippen molar-refractivity contribution in [2.24, 2.45) is 0 Å². The number of fused-ring (bicyclic) bond motifs is 3. The molecule has 7 nitrogen and oxygen atoms in total. The van der Waals surface area contributed by atoms with E-state index in [0.29, 0.717) is 22.4 Å². The van der Waals surface area contributed by atoms with E-state index in [2.05, 4.69) is 38.1 Å². The Kier molecular flexibility index (Phi) is 5.64. The maximum atomic E-state index is 12.7. The first-order chi connectivity index (χ1) is 14.1. The molecule has 3 aromatic heterocycles. The van der Waals surface area contributed by atoms with E-state index >= 15 is 0 Å². The molecular formula is C20H19ClN6OS. The molecule has 1 amide bonds. The number of anilines is 1. The monoisotopic (exact) mass is 426 g/mol. The van der Waals surface area contributed by atoms with Crippen molar-refractivity contribution in [3.8, 4) is 0 Å². The van der Waals surface area contributed by atoms with Crippen molar-refractivity contribution >= 4 is 57.2 Å². The highest BCUT2D eigenvalue weighted by molar-refractivity contribution is 8.00. The average molecular weight is 427 g/mol. The van der Waals surface area contributed by atoms with Crippen LogP contribution in [0.25, 0.3) is 22.1 Å². The van der Waals surface area contributed by atoms with Crippen molar-refractivity contribution in [3.05, 3.63) is 47.6 Å². The minimum Gasteiger partial charge on any atom is -0.324 e. The number of aromatic nitrogens is 5. The molecule has 0 bridgehead atoms. The fourth-order valence-corrected chi connectivity index (χ4v) is 4.09. The normalized spacial score (nSPS) is 12.4. The highest BCUT2D eigenvalue weighted by atomic mass is 35.5. The summed E-state index contributed by atoms with van der Waals surface area (Å²) in [6, 6.07) is 11.4. The van der Waals surface area contributed by atoms with E-state index in [0.717, 1.165) is 28.6 Å². The number of halogens is 1. The molecule has 0 aliphatic heterocycles. The Morgan fingerprint density at radius 3 is 2.76 bits per heavy atom. The van der Waals surface area contributed by atoms with Gasteiger partial charge in [0.1, 0.15) is 11.3 Å². The summed E-state index contributed by atoms with van der Waals surface area (Å²) in [4.78, 5) is 21.5. The molecule has 3 heterocycles. The molecule has 0 spiro atoms. The summed E-state index contributed by atoms with van der Waals surface area (Å²) in [5.41, 5.74) is 2.63. The zero-order valence-electron chi connectivity index (χ0n) is 16.0. The fourth-order valence-electron chi connectivity index (χ4n) is 3.17. The van der Waals surface area contributed by atoms with Crippen molar-refractivity contribution in [3.63, 3.8) is 0 Å². The third-order valence-electron chi connectivity index (χ3n) is 4.56. The number of hydrogen-bond donors (Lipinski definition) is 1. The van der Waals surface area contributed by atoms with Crippen LogP contribution in [0, 0.1) is 0 Å². The predicted molar refractivity (Wildman–Crippen MR) is 116 cm³/mol. The number of aryl methyl sites for hydroxylation is 1. The number of para-hydroxylation sites is 1. The standard InChI is InChI=1S/C20H19ClN6OS/c1-3-15(19(28)23-16-10-9-12(21)11-22-16)29-20-24-18-17(25-26-20)13-7-5-6-8-14(13)27(18)4-2/h5-11,15H,3-4H2,1-2H3,(H,22,23,28). The van der Waals surface area contributed by atoms with Gasteiger partial charge in [-0.15, -0.1) is 10.2 Å².